The Morgan fingerprint density at radius 2 is 2.30 bits per heavy atom. The van der Waals surface area contributed by atoms with Crippen LogP contribution in [0, 0.1) is 0 Å². The second-order valence-corrected chi connectivity index (χ2v) is 4.33. The number of hydrogen-bond acceptors (Lipinski definition) is 4. The molecule has 0 atom stereocenters. The highest BCUT2D eigenvalue weighted by atomic mass is 16.5. The zero-order chi connectivity index (χ0) is 14.8. The predicted molar refractivity (Wildman–Crippen MR) is 77.2 cm³/mol. The molecule has 0 bridgehead atoms. The minimum Gasteiger partial charge on any atom is -0.494 e. The maximum atomic E-state index is 11.9. The van der Waals surface area contributed by atoms with Crippen LogP contribution in [0.5, 0.6) is 5.75 Å². The van der Waals surface area contributed by atoms with Gasteiger partial charge in [0.25, 0.3) is 5.91 Å². The molecule has 0 radical (unpaired) electrons. The molecule has 0 fully saturated rings. The van der Waals surface area contributed by atoms with Crippen molar-refractivity contribution in [3.8, 4) is 5.75 Å². The van der Waals surface area contributed by atoms with Crippen molar-refractivity contribution in [1.29, 1.82) is 0 Å². The van der Waals surface area contributed by atoms with Gasteiger partial charge in [-0.2, -0.15) is 0 Å². The largest absolute Gasteiger partial charge is 0.494 e. The number of nitrogens with one attached hydrogen (secondary N) is 1. The van der Waals surface area contributed by atoms with Crippen molar-refractivity contribution in [3.05, 3.63) is 29.8 Å². The Morgan fingerprint density at radius 3 is 3.00 bits per heavy atom. The predicted octanol–water partition coefficient (Wildman–Crippen LogP) is 1.73. The molecule has 0 unspecified atom stereocenters. The summed E-state index contributed by atoms with van der Waals surface area (Å²) in [5.74, 6) is 0.692. The summed E-state index contributed by atoms with van der Waals surface area (Å²) in [5, 5.41) is 14.0. The number of benzene rings is 1. The normalized spacial score (nSPS) is 11.2. The molecule has 0 aliphatic rings. The third-order valence-electron chi connectivity index (χ3n) is 2.59. The molecule has 0 aliphatic carbocycles. The molecule has 0 saturated heterocycles. The van der Waals surface area contributed by atoms with Crippen LogP contribution < -0.4 is 15.8 Å². The smallest absolute Gasteiger partial charge is 0.251 e. The first-order chi connectivity index (χ1) is 9.67. The van der Waals surface area contributed by atoms with E-state index in [9.17, 15) is 4.79 Å². The van der Waals surface area contributed by atoms with E-state index in [2.05, 4.69) is 10.5 Å². The van der Waals surface area contributed by atoms with Crippen molar-refractivity contribution in [2.24, 2.45) is 10.9 Å². The van der Waals surface area contributed by atoms with E-state index in [1.807, 2.05) is 13.0 Å². The van der Waals surface area contributed by atoms with Gasteiger partial charge >= 0.3 is 0 Å². The highest BCUT2D eigenvalue weighted by molar-refractivity contribution is 5.94. The first kappa shape index (κ1) is 15.8. The van der Waals surface area contributed by atoms with Crippen LogP contribution in [-0.4, -0.2) is 30.1 Å². The molecule has 1 aromatic carbocycles. The maximum absolute atomic E-state index is 11.9. The zero-order valence-corrected chi connectivity index (χ0v) is 11.6. The molecule has 1 aromatic rings. The highest BCUT2D eigenvalue weighted by Gasteiger charge is 2.06. The molecule has 4 N–H and O–H groups in total. The average molecular weight is 279 g/mol. The summed E-state index contributed by atoms with van der Waals surface area (Å²) in [5.41, 5.74) is 5.90. The van der Waals surface area contributed by atoms with Gasteiger partial charge < -0.3 is 21.0 Å². The number of amidine groups is 1. The Balaban J connectivity index is 2.42. The molecule has 20 heavy (non-hydrogen) atoms. The molecular weight excluding hydrogens is 258 g/mol. The quantitative estimate of drug-likeness (QED) is 0.222. The van der Waals surface area contributed by atoms with E-state index in [4.69, 9.17) is 15.7 Å². The second kappa shape index (κ2) is 8.79. The molecular formula is C14H21N3O3. The summed E-state index contributed by atoms with van der Waals surface area (Å²) in [6.45, 7) is 3.12. The number of carbonyl (C=O) groups excluding carboxylic acids is 1. The maximum Gasteiger partial charge on any atom is 0.251 e. The van der Waals surface area contributed by atoms with Crippen LogP contribution in [0.1, 0.15) is 36.5 Å². The lowest BCUT2D eigenvalue weighted by Crippen LogP contribution is -2.25. The minimum atomic E-state index is -0.161. The number of carbonyl (C=O) groups is 1. The SMILES string of the molecule is CCCOc1cccc(C(=O)NCCCC(N)=NO)c1. The van der Waals surface area contributed by atoms with Crippen LogP contribution in [0.3, 0.4) is 0 Å². The molecule has 1 amide bonds. The van der Waals surface area contributed by atoms with Gasteiger partial charge in [-0.1, -0.05) is 18.1 Å². The summed E-state index contributed by atoms with van der Waals surface area (Å²) >= 11 is 0. The summed E-state index contributed by atoms with van der Waals surface area (Å²) in [7, 11) is 0. The summed E-state index contributed by atoms with van der Waals surface area (Å²) in [4.78, 5) is 11.9. The van der Waals surface area contributed by atoms with Crippen LogP contribution >= 0.6 is 0 Å². The average Bonchev–Trinajstić information content (AvgIpc) is 2.49. The van der Waals surface area contributed by atoms with Gasteiger partial charge in [0, 0.05) is 18.5 Å². The Morgan fingerprint density at radius 1 is 1.50 bits per heavy atom. The molecule has 6 heteroatoms. The number of nitrogens with two attached hydrogens (primary N) is 1. The molecule has 0 saturated carbocycles. The fourth-order valence-corrected chi connectivity index (χ4v) is 1.57. The lowest BCUT2D eigenvalue weighted by Gasteiger charge is -2.08. The van der Waals surface area contributed by atoms with E-state index >= 15 is 0 Å². The standard InChI is InChI=1S/C14H21N3O3/c1-2-9-20-12-6-3-5-11(10-12)14(18)16-8-4-7-13(15)17-19/h3,5-6,10,19H,2,4,7-9H2,1H3,(H2,15,17)(H,16,18). The van der Waals surface area contributed by atoms with E-state index in [1.165, 1.54) is 0 Å². The van der Waals surface area contributed by atoms with Crippen LogP contribution in [0.2, 0.25) is 0 Å². The van der Waals surface area contributed by atoms with Crippen molar-refractivity contribution in [2.45, 2.75) is 26.2 Å². The van der Waals surface area contributed by atoms with Crippen LogP contribution in [0.4, 0.5) is 0 Å². The van der Waals surface area contributed by atoms with Gasteiger partial charge in [0.1, 0.15) is 11.6 Å². The lowest BCUT2D eigenvalue weighted by molar-refractivity contribution is 0.0953. The van der Waals surface area contributed by atoms with E-state index in [0.29, 0.717) is 37.3 Å². The first-order valence-electron chi connectivity index (χ1n) is 6.64. The number of nitrogens with zero attached hydrogens (tertiary/aromatic N) is 1. The summed E-state index contributed by atoms with van der Waals surface area (Å²) in [6, 6.07) is 7.06. The van der Waals surface area contributed by atoms with Crippen molar-refractivity contribution in [1.82, 2.24) is 5.32 Å². The van der Waals surface area contributed by atoms with Crippen molar-refractivity contribution in [2.75, 3.05) is 13.2 Å². The second-order valence-electron chi connectivity index (χ2n) is 4.33. The number of hydrogen-bond donors (Lipinski definition) is 3. The van der Waals surface area contributed by atoms with E-state index in [0.717, 1.165) is 6.42 Å². The number of ether oxygens (including phenoxy) is 1. The van der Waals surface area contributed by atoms with Gasteiger partial charge in [0.05, 0.1) is 6.61 Å². The zero-order valence-electron chi connectivity index (χ0n) is 11.6. The van der Waals surface area contributed by atoms with E-state index in [1.54, 1.807) is 18.2 Å². The lowest BCUT2D eigenvalue weighted by atomic mass is 10.2. The van der Waals surface area contributed by atoms with Crippen LogP contribution in [-0.2, 0) is 0 Å². The van der Waals surface area contributed by atoms with Crippen LogP contribution in [0.25, 0.3) is 0 Å². The fourth-order valence-electron chi connectivity index (χ4n) is 1.57. The first-order valence-corrected chi connectivity index (χ1v) is 6.64. The molecule has 0 aromatic heterocycles. The van der Waals surface area contributed by atoms with Crippen LogP contribution in [0.15, 0.2) is 29.4 Å². The monoisotopic (exact) mass is 279 g/mol. The van der Waals surface area contributed by atoms with Gasteiger partial charge in [0.2, 0.25) is 0 Å². The number of oxime groups is 1. The van der Waals surface area contributed by atoms with Gasteiger partial charge in [-0.05, 0) is 31.0 Å². The van der Waals surface area contributed by atoms with E-state index < -0.39 is 0 Å². The molecule has 0 aliphatic heterocycles. The third kappa shape index (κ3) is 5.60. The Bertz CT molecular complexity index is 461. The summed E-state index contributed by atoms with van der Waals surface area (Å²) < 4.78 is 5.48. The molecule has 6 nitrogen and oxygen atoms in total. The molecule has 0 heterocycles. The van der Waals surface area contributed by atoms with Gasteiger partial charge in [-0.25, -0.2) is 0 Å². The molecule has 110 valence electrons. The van der Waals surface area contributed by atoms with Crippen molar-refractivity contribution in [3.63, 3.8) is 0 Å². The van der Waals surface area contributed by atoms with Gasteiger partial charge in [-0.3, -0.25) is 4.79 Å². The van der Waals surface area contributed by atoms with Crippen molar-refractivity contribution < 1.29 is 14.7 Å². The highest BCUT2D eigenvalue weighted by Crippen LogP contribution is 2.13. The Kier molecular flexibility index (Phi) is 6.95. The molecule has 1 rings (SSSR count). The molecule has 0 spiro atoms. The summed E-state index contributed by atoms with van der Waals surface area (Å²) in [6.07, 6.45) is 1.98. The van der Waals surface area contributed by atoms with Crippen molar-refractivity contribution >= 4 is 11.7 Å². The Hall–Kier alpha value is -2.24. The number of amides is 1. The number of rotatable bonds is 8. The topological polar surface area (TPSA) is 96.9 Å². The Labute approximate surface area is 118 Å². The van der Waals surface area contributed by atoms with Gasteiger partial charge in [0.15, 0.2) is 0 Å². The van der Waals surface area contributed by atoms with E-state index in [-0.39, 0.29) is 11.7 Å². The fraction of sp³-hybridized carbons (Fsp3) is 0.429. The third-order valence-corrected chi connectivity index (χ3v) is 2.59. The minimum absolute atomic E-state index is 0.161. The van der Waals surface area contributed by atoms with Gasteiger partial charge in [-0.15, -0.1) is 0 Å².